The van der Waals surface area contributed by atoms with Gasteiger partial charge in [-0.1, -0.05) is 34.5 Å². The number of nitrogens with zero attached hydrogens (tertiary/aromatic N) is 2. The van der Waals surface area contributed by atoms with Crippen LogP contribution in [0.2, 0.25) is 10.0 Å². The maximum Gasteiger partial charge on any atom is 0.321 e. The predicted molar refractivity (Wildman–Crippen MR) is 110 cm³/mol. The number of urea groups is 1. The second kappa shape index (κ2) is 8.30. The van der Waals surface area contributed by atoms with Gasteiger partial charge in [-0.3, -0.25) is 0 Å². The number of benzene rings is 2. The summed E-state index contributed by atoms with van der Waals surface area (Å²) in [5, 5.41) is 3.87. The Bertz CT molecular complexity index is 1070. The van der Waals surface area contributed by atoms with Crippen molar-refractivity contribution < 1.29 is 18.3 Å². The minimum Gasteiger partial charge on any atom is -0.467 e. The van der Waals surface area contributed by atoms with Crippen LogP contribution >= 0.6 is 34.5 Å². The van der Waals surface area contributed by atoms with Crippen molar-refractivity contribution in [3.8, 4) is 5.19 Å². The Morgan fingerprint density at radius 1 is 1.17 bits per heavy atom. The largest absolute Gasteiger partial charge is 0.467 e. The lowest BCUT2D eigenvalue weighted by Gasteiger charge is -2.31. The number of nitrogens with one attached hydrogen (secondary N) is 1. The third-order valence-electron chi connectivity index (χ3n) is 4.56. The van der Waals surface area contributed by atoms with E-state index in [4.69, 9.17) is 27.9 Å². The average Bonchev–Trinajstić information content (AvgIpc) is 3.08. The van der Waals surface area contributed by atoms with E-state index in [2.05, 4.69) is 10.3 Å². The Morgan fingerprint density at radius 2 is 1.93 bits per heavy atom. The zero-order chi connectivity index (χ0) is 20.5. The minimum absolute atomic E-state index is 0.102. The van der Waals surface area contributed by atoms with Crippen LogP contribution in [0.1, 0.15) is 12.8 Å². The molecule has 4 rings (SSSR count). The summed E-state index contributed by atoms with van der Waals surface area (Å²) in [6.07, 6.45) is 1.04. The molecular formula is C19H15Cl2F2N3O2S. The summed E-state index contributed by atoms with van der Waals surface area (Å²) < 4.78 is 33.3. The van der Waals surface area contributed by atoms with Crippen LogP contribution in [0.5, 0.6) is 5.19 Å². The molecule has 10 heteroatoms. The molecule has 1 N–H and O–H groups in total. The van der Waals surface area contributed by atoms with Crippen LogP contribution in [-0.4, -0.2) is 35.1 Å². The van der Waals surface area contributed by atoms with Gasteiger partial charge in [0.2, 0.25) is 0 Å². The number of carbonyl (C=O) groups excluding carboxylic acids is 1. The monoisotopic (exact) mass is 457 g/mol. The van der Waals surface area contributed by atoms with E-state index < -0.39 is 11.6 Å². The molecule has 0 radical (unpaired) electrons. The van der Waals surface area contributed by atoms with Gasteiger partial charge in [0.25, 0.3) is 5.19 Å². The standard InChI is InChI=1S/C19H15Cl2F2N3O2S/c20-13-2-1-11(9-14(13)21)24-18(27)26-5-3-12(4-6-26)28-19-25-17-15(23)7-10(22)8-16(17)29-19/h1-2,7-9,12H,3-6H2,(H,24,27). The van der Waals surface area contributed by atoms with Crippen LogP contribution in [0.3, 0.4) is 0 Å². The van der Waals surface area contributed by atoms with Crippen molar-refractivity contribution in [2.75, 3.05) is 18.4 Å². The first-order valence-corrected chi connectivity index (χ1v) is 10.4. The fraction of sp³-hybridized carbons (Fsp3) is 0.263. The molecule has 1 aliphatic rings. The van der Waals surface area contributed by atoms with Crippen molar-refractivity contribution in [3.63, 3.8) is 0 Å². The number of carbonyl (C=O) groups is 1. The number of amides is 2. The van der Waals surface area contributed by atoms with Crippen LogP contribution < -0.4 is 10.1 Å². The van der Waals surface area contributed by atoms with Gasteiger partial charge in [0.05, 0.1) is 14.7 Å². The summed E-state index contributed by atoms with van der Waals surface area (Å²) in [5.74, 6) is -1.36. The Kier molecular flexibility index (Phi) is 5.76. The van der Waals surface area contributed by atoms with Gasteiger partial charge in [-0.05, 0) is 24.3 Å². The lowest BCUT2D eigenvalue weighted by Crippen LogP contribution is -2.43. The lowest BCUT2D eigenvalue weighted by atomic mass is 10.1. The van der Waals surface area contributed by atoms with Gasteiger partial charge in [0, 0.05) is 37.7 Å². The third kappa shape index (κ3) is 4.55. The van der Waals surface area contributed by atoms with Gasteiger partial charge in [-0.25, -0.2) is 13.6 Å². The normalized spacial score (nSPS) is 15.0. The number of piperidine rings is 1. The van der Waals surface area contributed by atoms with Crippen LogP contribution in [0.4, 0.5) is 19.3 Å². The Balaban J connectivity index is 1.34. The SMILES string of the molecule is O=C(Nc1ccc(Cl)c(Cl)c1)N1CCC(Oc2nc3c(F)cc(F)cc3s2)CC1. The molecule has 3 aromatic rings. The predicted octanol–water partition coefficient (Wildman–Crippen LogP) is 5.96. The molecule has 1 fully saturated rings. The Hall–Kier alpha value is -2.16. The molecule has 0 spiro atoms. The van der Waals surface area contributed by atoms with Crippen LogP contribution in [0, 0.1) is 11.6 Å². The van der Waals surface area contributed by atoms with Crippen molar-refractivity contribution >= 4 is 56.5 Å². The highest BCUT2D eigenvalue weighted by atomic mass is 35.5. The number of likely N-dealkylation sites (tertiary alicyclic amines) is 1. The molecule has 0 bridgehead atoms. The second-order valence-corrected chi connectivity index (χ2v) is 8.39. The number of halogens is 4. The van der Waals surface area contributed by atoms with E-state index in [1.807, 2.05) is 0 Å². The Morgan fingerprint density at radius 3 is 2.66 bits per heavy atom. The highest BCUT2D eigenvalue weighted by Crippen LogP contribution is 2.32. The molecule has 2 amide bonds. The minimum atomic E-state index is -0.708. The molecule has 0 unspecified atom stereocenters. The number of ether oxygens (including phenoxy) is 1. The fourth-order valence-electron chi connectivity index (χ4n) is 3.08. The smallest absolute Gasteiger partial charge is 0.321 e. The van der Waals surface area contributed by atoms with Crippen molar-refractivity contribution in [1.82, 2.24) is 9.88 Å². The topological polar surface area (TPSA) is 54.5 Å². The van der Waals surface area contributed by atoms with E-state index in [1.54, 1.807) is 23.1 Å². The molecule has 1 saturated heterocycles. The van der Waals surface area contributed by atoms with Gasteiger partial charge >= 0.3 is 6.03 Å². The second-order valence-electron chi connectivity index (χ2n) is 6.58. The number of hydrogen-bond acceptors (Lipinski definition) is 4. The van der Waals surface area contributed by atoms with Crippen molar-refractivity contribution in [2.24, 2.45) is 0 Å². The van der Waals surface area contributed by atoms with E-state index in [0.29, 0.717) is 51.6 Å². The third-order valence-corrected chi connectivity index (χ3v) is 6.19. The van der Waals surface area contributed by atoms with E-state index in [-0.39, 0.29) is 17.7 Å². The first kappa shape index (κ1) is 20.1. The van der Waals surface area contributed by atoms with Gasteiger partial charge < -0.3 is 15.0 Å². The molecule has 0 atom stereocenters. The van der Waals surface area contributed by atoms with Gasteiger partial charge in [-0.15, -0.1) is 0 Å². The fourth-order valence-corrected chi connectivity index (χ4v) is 4.30. The number of rotatable bonds is 3. The number of hydrogen-bond donors (Lipinski definition) is 1. The molecule has 1 aliphatic heterocycles. The molecule has 5 nitrogen and oxygen atoms in total. The molecule has 152 valence electrons. The van der Waals surface area contributed by atoms with Crippen LogP contribution in [-0.2, 0) is 0 Å². The summed E-state index contributed by atoms with van der Waals surface area (Å²) in [4.78, 5) is 18.2. The maximum atomic E-state index is 13.8. The first-order chi connectivity index (χ1) is 13.9. The van der Waals surface area contributed by atoms with Crippen LogP contribution in [0.25, 0.3) is 10.2 Å². The zero-order valence-corrected chi connectivity index (χ0v) is 17.3. The Labute approximate surface area is 179 Å². The first-order valence-electron chi connectivity index (χ1n) is 8.82. The highest BCUT2D eigenvalue weighted by molar-refractivity contribution is 7.20. The van der Waals surface area contributed by atoms with Crippen LogP contribution in [0.15, 0.2) is 30.3 Å². The average molecular weight is 458 g/mol. The maximum absolute atomic E-state index is 13.8. The van der Waals surface area contributed by atoms with E-state index >= 15 is 0 Å². The van der Waals surface area contributed by atoms with Gasteiger partial charge in [0.15, 0.2) is 5.82 Å². The molecule has 2 aromatic carbocycles. The van der Waals surface area contributed by atoms with E-state index in [0.717, 1.165) is 17.4 Å². The quantitative estimate of drug-likeness (QED) is 0.527. The molecule has 1 aromatic heterocycles. The molecule has 0 aliphatic carbocycles. The van der Waals surface area contributed by atoms with E-state index in [9.17, 15) is 13.6 Å². The lowest BCUT2D eigenvalue weighted by molar-refractivity contribution is 0.115. The van der Waals surface area contributed by atoms with Gasteiger partial charge in [0.1, 0.15) is 17.4 Å². The van der Waals surface area contributed by atoms with Gasteiger partial charge in [-0.2, -0.15) is 4.98 Å². The molecule has 29 heavy (non-hydrogen) atoms. The number of anilines is 1. The highest BCUT2D eigenvalue weighted by Gasteiger charge is 2.25. The van der Waals surface area contributed by atoms with E-state index in [1.165, 1.54) is 6.07 Å². The van der Waals surface area contributed by atoms with Crippen molar-refractivity contribution in [2.45, 2.75) is 18.9 Å². The number of aromatic nitrogens is 1. The molecule has 0 saturated carbocycles. The van der Waals surface area contributed by atoms with Crippen molar-refractivity contribution in [3.05, 3.63) is 52.0 Å². The van der Waals surface area contributed by atoms with Crippen molar-refractivity contribution in [1.29, 1.82) is 0 Å². The summed E-state index contributed by atoms with van der Waals surface area (Å²) in [5.41, 5.74) is 0.663. The number of fused-ring (bicyclic) bond motifs is 1. The molecule has 2 heterocycles. The summed E-state index contributed by atoms with van der Waals surface area (Å²) in [6, 6.07) is 6.69. The summed E-state index contributed by atoms with van der Waals surface area (Å²) in [6.45, 7) is 0.984. The number of thiazole rings is 1. The summed E-state index contributed by atoms with van der Waals surface area (Å²) >= 11 is 12.9. The zero-order valence-electron chi connectivity index (χ0n) is 14.9. The summed E-state index contributed by atoms with van der Waals surface area (Å²) in [7, 11) is 0. The molecular weight excluding hydrogens is 443 g/mol.